The van der Waals surface area contributed by atoms with Crippen LogP contribution in [0.5, 0.6) is 0 Å². The van der Waals surface area contributed by atoms with Gasteiger partial charge in [-0.05, 0) is 25.5 Å². The molecule has 4 radical (unpaired) electrons. The molecule has 1 fully saturated rings. The number of carbonyl (C=O) groups is 2. The number of fused-ring (bicyclic) bond motifs is 1. The van der Waals surface area contributed by atoms with Gasteiger partial charge in [0.25, 0.3) is 5.56 Å². The highest BCUT2D eigenvalue weighted by atomic mass is 16.2. The van der Waals surface area contributed by atoms with Crippen molar-refractivity contribution >= 4 is 49.6 Å². The van der Waals surface area contributed by atoms with Crippen molar-refractivity contribution < 1.29 is 9.59 Å². The fraction of sp³-hybridized carbons (Fsp3) is 0.286. The van der Waals surface area contributed by atoms with E-state index in [1.807, 2.05) is 0 Å². The molecule has 3 rings (SSSR count). The Bertz CT molecular complexity index is 909. The number of aryl methyl sites for hydroxylation is 1. The largest absolute Gasteiger partial charge is 0.398 e. The quantitative estimate of drug-likeness (QED) is 0.384. The van der Waals surface area contributed by atoms with Crippen molar-refractivity contribution in [3.05, 3.63) is 28.3 Å². The molecule has 9 heteroatoms. The summed E-state index contributed by atoms with van der Waals surface area (Å²) < 4.78 is 1.22. The number of hydrogen-bond acceptors (Lipinski definition) is 5. The molecule has 1 aromatic heterocycles. The van der Waals surface area contributed by atoms with Gasteiger partial charge in [0.1, 0.15) is 19.7 Å². The zero-order chi connectivity index (χ0) is 16.9. The normalized spacial score (nSPS) is 21.4. The molecule has 1 saturated heterocycles. The highest BCUT2D eigenvalue weighted by molar-refractivity contribution is 6.33. The van der Waals surface area contributed by atoms with Gasteiger partial charge >= 0.3 is 0 Å². The van der Waals surface area contributed by atoms with Gasteiger partial charge in [-0.3, -0.25) is 24.3 Å². The first-order chi connectivity index (χ1) is 10.8. The van der Waals surface area contributed by atoms with Crippen molar-refractivity contribution in [3.8, 4) is 0 Å². The highest BCUT2D eigenvalue weighted by Gasteiger charge is 2.34. The summed E-state index contributed by atoms with van der Waals surface area (Å²) in [6.07, 6.45) is 0.0213. The maximum absolute atomic E-state index is 12.8. The van der Waals surface area contributed by atoms with Crippen LogP contribution in [-0.2, 0) is 9.59 Å². The third kappa shape index (κ3) is 2.42. The van der Waals surface area contributed by atoms with E-state index in [0.29, 0.717) is 16.8 Å². The van der Waals surface area contributed by atoms with Crippen LogP contribution in [0.15, 0.2) is 16.9 Å². The van der Waals surface area contributed by atoms with Crippen LogP contribution in [-0.4, -0.2) is 37.1 Å². The Labute approximate surface area is 134 Å². The van der Waals surface area contributed by atoms with Crippen LogP contribution in [0.2, 0.25) is 5.82 Å². The summed E-state index contributed by atoms with van der Waals surface area (Å²) in [6.45, 7) is 1.59. The molecule has 7 nitrogen and oxygen atoms in total. The first-order valence-corrected chi connectivity index (χ1v) is 6.97. The molecule has 2 unspecified atom stereocenters. The summed E-state index contributed by atoms with van der Waals surface area (Å²) in [4.78, 5) is 40.7. The van der Waals surface area contributed by atoms with E-state index in [1.54, 1.807) is 13.0 Å². The third-order valence-electron chi connectivity index (χ3n) is 3.91. The Kier molecular flexibility index (Phi) is 3.50. The molecule has 1 aliphatic heterocycles. The second kappa shape index (κ2) is 5.26. The summed E-state index contributed by atoms with van der Waals surface area (Å²) in [6, 6.07) is 2.09. The van der Waals surface area contributed by atoms with Crippen molar-refractivity contribution in [1.29, 1.82) is 0 Å². The SMILES string of the molecule is [B]c1cc(N)c2c(=O)n(C3CC([B])C(=O)NC3=O)c(C)nc2c1. The second-order valence-electron chi connectivity index (χ2n) is 5.55. The van der Waals surface area contributed by atoms with Gasteiger partial charge in [-0.1, -0.05) is 5.46 Å². The minimum Gasteiger partial charge on any atom is -0.398 e. The molecule has 3 N–H and O–H groups in total. The number of rotatable bonds is 1. The average Bonchev–Trinajstić information content (AvgIpc) is 2.43. The molecular formula is C14H12B2N4O3. The lowest BCUT2D eigenvalue weighted by Gasteiger charge is -2.28. The molecule has 2 heterocycles. The standard InChI is InChI=1S/C14H12B2N4O3/c1-5-18-9-3-6(15)2-8(17)11(9)14(23)20(5)10-4-7(16)12(21)19-13(10)22/h2-3,7,10H,4,17H2,1H3,(H,19,21,22). The lowest BCUT2D eigenvalue weighted by molar-refractivity contribution is -0.135. The van der Waals surface area contributed by atoms with Gasteiger partial charge in [-0.2, -0.15) is 0 Å². The van der Waals surface area contributed by atoms with E-state index in [4.69, 9.17) is 21.4 Å². The topological polar surface area (TPSA) is 107 Å². The fourth-order valence-electron chi connectivity index (χ4n) is 2.83. The first kappa shape index (κ1) is 15.3. The van der Waals surface area contributed by atoms with Crippen LogP contribution >= 0.6 is 0 Å². The van der Waals surface area contributed by atoms with Gasteiger partial charge in [0, 0.05) is 11.5 Å². The molecule has 23 heavy (non-hydrogen) atoms. The summed E-state index contributed by atoms with van der Waals surface area (Å²) in [5.74, 6) is -1.70. The number of benzene rings is 1. The molecule has 0 saturated carbocycles. The van der Waals surface area contributed by atoms with Crippen molar-refractivity contribution in [3.63, 3.8) is 0 Å². The second-order valence-corrected chi connectivity index (χ2v) is 5.55. The lowest BCUT2D eigenvalue weighted by Crippen LogP contribution is -2.47. The smallest absolute Gasteiger partial charge is 0.264 e. The molecule has 2 aromatic rings. The minimum atomic E-state index is -0.913. The Morgan fingerprint density at radius 1 is 1.30 bits per heavy atom. The van der Waals surface area contributed by atoms with Crippen LogP contribution < -0.4 is 22.1 Å². The summed E-state index contributed by atoms with van der Waals surface area (Å²) in [5, 5.41) is 2.35. The van der Waals surface area contributed by atoms with E-state index >= 15 is 0 Å². The number of hydrogen-bond donors (Lipinski definition) is 2. The predicted molar refractivity (Wildman–Crippen MR) is 86.8 cm³/mol. The molecule has 1 aromatic carbocycles. The van der Waals surface area contributed by atoms with Gasteiger partial charge in [0.05, 0.1) is 18.7 Å². The monoisotopic (exact) mass is 306 g/mol. The number of anilines is 1. The van der Waals surface area contributed by atoms with E-state index in [2.05, 4.69) is 10.3 Å². The summed E-state index contributed by atoms with van der Waals surface area (Å²) in [7, 11) is 11.4. The Balaban J connectivity index is 2.24. The maximum Gasteiger partial charge on any atom is 0.264 e. The van der Waals surface area contributed by atoms with Gasteiger partial charge < -0.3 is 5.73 Å². The van der Waals surface area contributed by atoms with Crippen LogP contribution in [0.4, 0.5) is 5.69 Å². The van der Waals surface area contributed by atoms with Gasteiger partial charge in [-0.25, -0.2) is 4.98 Å². The first-order valence-electron chi connectivity index (χ1n) is 6.97. The number of nitrogens with two attached hydrogens (primary N) is 1. The zero-order valence-electron chi connectivity index (χ0n) is 12.4. The molecule has 2 amide bonds. The molecular weight excluding hydrogens is 294 g/mol. The average molecular weight is 306 g/mol. The molecule has 112 valence electrons. The molecule has 1 aliphatic rings. The van der Waals surface area contributed by atoms with Gasteiger partial charge in [0.2, 0.25) is 11.8 Å². The summed E-state index contributed by atoms with van der Waals surface area (Å²) >= 11 is 0. The zero-order valence-corrected chi connectivity index (χ0v) is 12.4. The predicted octanol–water partition coefficient (Wildman–Crippen LogP) is -1.37. The number of amides is 2. The van der Waals surface area contributed by atoms with E-state index in [-0.39, 0.29) is 17.5 Å². The molecule has 0 bridgehead atoms. The van der Waals surface area contributed by atoms with Crippen molar-refractivity contribution in [1.82, 2.24) is 14.9 Å². The third-order valence-corrected chi connectivity index (χ3v) is 3.91. The van der Waals surface area contributed by atoms with E-state index in [9.17, 15) is 14.4 Å². The number of aromatic nitrogens is 2. The number of imide groups is 1. The number of nitrogens with zero attached hydrogens (tertiary/aromatic N) is 2. The van der Waals surface area contributed by atoms with E-state index in [1.165, 1.54) is 10.6 Å². The fourth-order valence-corrected chi connectivity index (χ4v) is 2.83. The Hall–Kier alpha value is -2.57. The Morgan fingerprint density at radius 3 is 2.70 bits per heavy atom. The van der Waals surface area contributed by atoms with Crippen LogP contribution in [0, 0.1) is 6.92 Å². The van der Waals surface area contributed by atoms with Crippen LogP contribution in [0.25, 0.3) is 10.9 Å². The number of piperidine rings is 1. The van der Waals surface area contributed by atoms with Gasteiger partial charge in [0.15, 0.2) is 0 Å². The minimum absolute atomic E-state index is 0.0213. The Morgan fingerprint density at radius 2 is 2.00 bits per heavy atom. The van der Waals surface area contributed by atoms with Crippen LogP contribution in [0.3, 0.4) is 0 Å². The molecule has 0 aliphatic carbocycles. The van der Waals surface area contributed by atoms with Crippen LogP contribution in [0.1, 0.15) is 18.3 Å². The highest BCUT2D eigenvalue weighted by Crippen LogP contribution is 2.25. The van der Waals surface area contributed by atoms with Gasteiger partial charge in [-0.15, -0.1) is 0 Å². The number of carbonyl (C=O) groups excluding carboxylic acids is 2. The van der Waals surface area contributed by atoms with Crippen molar-refractivity contribution in [2.75, 3.05) is 5.73 Å². The lowest BCUT2D eigenvalue weighted by atomic mass is 9.78. The number of nitrogen functional groups attached to an aromatic ring is 1. The molecule has 0 spiro atoms. The molecule has 2 atom stereocenters. The summed E-state index contributed by atoms with van der Waals surface area (Å²) in [5.41, 5.74) is 6.34. The maximum atomic E-state index is 12.8. The van der Waals surface area contributed by atoms with Crippen molar-refractivity contribution in [2.24, 2.45) is 0 Å². The van der Waals surface area contributed by atoms with E-state index in [0.717, 1.165) is 0 Å². The number of nitrogens with one attached hydrogen (secondary N) is 1. The van der Waals surface area contributed by atoms with Crippen molar-refractivity contribution in [2.45, 2.75) is 25.2 Å². The van der Waals surface area contributed by atoms with E-state index < -0.39 is 29.2 Å².